The summed E-state index contributed by atoms with van der Waals surface area (Å²) in [7, 11) is 1.30. The molecule has 0 aromatic heterocycles. The predicted octanol–water partition coefficient (Wildman–Crippen LogP) is 3.30. The smallest absolute Gasteiger partial charge is 0.259 e. The molecule has 0 unspecified atom stereocenters. The molecule has 0 radical (unpaired) electrons. The van der Waals surface area contributed by atoms with Crippen molar-refractivity contribution < 1.29 is 38.5 Å². The first-order valence-electron chi connectivity index (χ1n) is 10.4. The van der Waals surface area contributed by atoms with Crippen LogP contribution in [0.5, 0.6) is 17.2 Å². The molecular formula is C25H22FNO7. The molecule has 2 aliphatic rings. The zero-order valence-electron chi connectivity index (χ0n) is 18.9. The number of methoxy groups -OCH3 is 1. The Morgan fingerprint density at radius 2 is 1.97 bits per heavy atom. The van der Waals surface area contributed by atoms with Crippen LogP contribution in [0.2, 0.25) is 0 Å². The first-order valence-corrected chi connectivity index (χ1v) is 10.4. The molecular weight excluding hydrogens is 445 g/mol. The molecule has 0 fully saturated rings. The number of nitrogens with one attached hydrogen (secondary N) is 1. The Labute approximate surface area is 194 Å². The van der Waals surface area contributed by atoms with Crippen molar-refractivity contribution in [3.8, 4) is 17.2 Å². The van der Waals surface area contributed by atoms with E-state index in [2.05, 4.69) is 5.32 Å². The molecule has 0 saturated heterocycles. The summed E-state index contributed by atoms with van der Waals surface area (Å²) >= 11 is 0. The lowest BCUT2D eigenvalue weighted by molar-refractivity contribution is -0.123. The third-order valence-corrected chi connectivity index (χ3v) is 6.25. The van der Waals surface area contributed by atoms with Gasteiger partial charge in [0.25, 0.3) is 5.91 Å². The number of allylic oxidation sites excluding steroid dienone is 3. The molecule has 176 valence electrons. The van der Waals surface area contributed by atoms with E-state index in [-0.39, 0.29) is 40.7 Å². The summed E-state index contributed by atoms with van der Waals surface area (Å²) in [6.45, 7) is 4.17. The van der Waals surface area contributed by atoms with Crippen LogP contribution in [0.4, 0.5) is 4.39 Å². The van der Waals surface area contributed by atoms with E-state index in [1.807, 2.05) is 0 Å². The highest BCUT2D eigenvalue weighted by molar-refractivity contribution is 6.25. The van der Waals surface area contributed by atoms with Gasteiger partial charge < -0.3 is 25.0 Å². The van der Waals surface area contributed by atoms with Gasteiger partial charge >= 0.3 is 0 Å². The minimum atomic E-state index is -1.65. The van der Waals surface area contributed by atoms with Crippen LogP contribution in [0.1, 0.15) is 40.9 Å². The van der Waals surface area contributed by atoms with E-state index in [0.29, 0.717) is 11.1 Å². The Bertz CT molecular complexity index is 1340. The van der Waals surface area contributed by atoms with Gasteiger partial charge in [0, 0.05) is 18.7 Å². The SMILES string of the molecule is COc1cc(O)c2c(c1C(=O)NCc1cccc(F)c1C)OC1=CC(O)=C(C(C)=O)C(=O)[C@]12C. The van der Waals surface area contributed by atoms with E-state index in [9.17, 15) is 29.0 Å². The average Bonchev–Trinajstić information content (AvgIpc) is 3.07. The van der Waals surface area contributed by atoms with E-state index < -0.39 is 40.0 Å². The van der Waals surface area contributed by atoms with Crippen LogP contribution < -0.4 is 14.8 Å². The molecule has 1 heterocycles. The number of aliphatic hydroxyl groups is 1. The van der Waals surface area contributed by atoms with Gasteiger partial charge in [-0.2, -0.15) is 0 Å². The van der Waals surface area contributed by atoms with Crippen molar-refractivity contribution in [2.45, 2.75) is 32.7 Å². The zero-order valence-corrected chi connectivity index (χ0v) is 18.9. The molecule has 1 aliphatic carbocycles. The summed E-state index contributed by atoms with van der Waals surface area (Å²) in [6.07, 6.45) is 1.13. The lowest BCUT2D eigenvalue weighted by atomic mass is 9.71. The number of carbonyl (C=O) groups is 3. The van der Waals surface area contributed by atoms with Crippen molar-refractivity contribution in [2.75, 3.05) is 7.11 Å². The number of phenols is 1. The van der Waals surface area contributed by atoms with Gasteiger partial charge in [0.05, 0.1) is 12.7 Å². The summed E-state index contributed by atoms with van der Waals surface area (Å²) in [4.78, 5) is 38.5. The van der Waals surface area contributed by atoms with Gasteiger partial charge in [-0.15, -0.1) is 0 Å². The van der Waals surface area contributed by atoms with Crippen LogP contribution in [0.15, 0.2) is 47.4 Å². The standard InChI is InChI=1S/C25H22FNO7/c1-11-13(6-5-7-14(11)26)10-27-24(32)20-17(33-4)8-16(30)21-22(20)34-18-9-15(29)19(12(2)28)23(31)25(18,21)3/h5-9,29-30H,10H2,1-4H3,(H,27,32)/t25-/m1/s1. The Balaban J connectivity index is 1.81. The number of rotatable bonds is 5. The topological polar surface area (TPSA) is 122 Å². The maximum atomic E-state index is 13.9. The number of fused-ring (bicyclic) bond motifs is 3. The number of halogens is 1. The Morgan fingerprint density at radius 3 is 2.62 bits per heavy atom. The number of hydrogen-bond donors (Lipinski definition) is 3. The third-order valence-electron chi connectivity index (χ3n) is 6.25. The van der Waals surface area contributed by atoms with E-state index >= 15 is 0 Å². The molecule has 1 aliphatic heterocycles. The van der Waals surface area contributed by atoms with Crippen molar-refractivity contribution in [1.82, 2.24) is 5.32 Å². The second-order valence-electron chi connectivity index (χ2n) is 8.26. The second kappa shape index (κ2) is 8.02. The van der Waals surface area contributed by atoms with E-state index in [4.69, 9.17) is 9.47 Å². The minimum absolute atomic E-state index is 0.00302. The van der Waals surface area contributed by atoms with Crippen molar-refractivity contribution >= 4 is 17.5 Å². The maximum absolute atomic E-state index is 13.9. The molecule has 0 spiro atoms. The summed E-state index contributed by atoms with van der Waals surface area (Å²) in [6, 6.07) is 5.69. The molecule has 34 heavy (non-hydrogen) atoms. The molecule has 2 aromatic rings. The number of Topliss-reactive ketones (excluding diaryl/α,β-unsaturated/α-hetero) is 2. The fraction of sp³-hybridized carbons (Fsp3) is 0.240. The van der Waals surface area contributed by atoms with Crippen molar-refractivity contribution in [2.24, 2.45) is 0 Å². The maximum Gasteiger partial charge on any atom is 0.259 e. The van der Waals surface area contributed by atoms with Crippen LogP contribution in [0, 0.1) is 12.7 Å². The summed E-state index contributed by atoms with van der Waals surface area (Å²) in [5.41, 5.74) is -1.25. The van der Waals surface area contributed by atoms with E-state index in [1.165, 1.54) is 32.2 Å². The quantitative estimate of drug-likeness (QED) is 0.577. The van der Waals surface area contributed by atoms with Crippen molar-refractivity contribution in [3.63, 3.8) is 0 Å². The number of aliphatic hydroxyl groups excluding tert-OH is 1. The highest BCUT2D eigenvalue weighted by atomic mass is 19.1. The number of ketones is 2. The number of phenolic OH excluding ortho intramolecular Hbond substituents is 1. The van der Waals surface area contributed by atoms with Crippen LogP contribution in [-0.4, -0.2) is 34.8 Å². The first-order chi connectivity index (χ1) is 16.0. The molecule has 1 amide bonds. The van der Waals surface area contributed by atoms with Crippen molar-refractivity contribution in [1.29, 1.82) is 0 Å². The van der Waals surface area contributed by atoms with Crippen LogP contribution in [0.25, 0.3) is 0 Å². The molecule has 2 aromatic carbocycles. The molecule has 1 atom stereocenters. The summed E-state index contributed by atoms with van der Waals surface area (Å²) in [5.74, 6) is -3.63. The van der Waals surface area contributed by atoms with E-state index in [1.54, 1.807) is 13.0 Å². The fourth-order valence-electron chi connectivity index (χ4n) is 4.33. The Kier molecular flexibility index (Phi) is 5.43. The van der Waals surface area contributed by atoms with Gasteiger partial charge in [0.2, 0.25) is 0 Å². The van der Waals surface area contributed by atoms with Gasteiger partial charge in [-0.05, 0) is 38.0 Å². The molecule has 3 N–H and O–H groups in total. The van der Waals surface area contributed by atoms with Gasteiger partial charge in [-0.3, -0.25) is 14.4 Å². The highest BCUT2D eigenvalue weighted by Gasteiger charge is 2.55. The number of amides is 1. The fourth-order valence-corrected chi connectivity index (χ4v) is 4.33. The third kappa shape index (κ3) is 3.23. The van der Waals surface area contributed by atoms with Gasteiger partial charge in [0.1, 0.15) is 45.4 Å². The largest absolute Gasteiger partial charge is 0.507 e. The lowest BCUT2D eigenvalue weighted by Gasteiger charge is -2.27. The Morgan fingerprint density at radius 1 is 1.26 bits per heavy atom. The normalized spacial score (nSPS) is 18.6. The first kappa shape index (κ1) is 23.0. The zero-order chi connectivity index (χ0) is 24.9. The number of ether oxygens (including phenoxy) is 2. The monoisotopic (exact) mass is 467 g/mol. The number of carbonyl (C=O) groups excluding carboxylic acids is 3. The average molecular weight is 467 g/mol. The van der Waals surface area contributed by atoms with Crippen LogP contribution in [0.3, 0.4) is 0 Å². The van der Waals surface area contributed by atoms with Gasteiger partial charge in [-0.25, -0.2) is 4.39 Å². The number of benzene rings is 2. The van der Waals surface area contributed by atoms with Gasteiger partial charge in [0.15, 0.2) is 17.3 Å². The second-order valence-corrected chi connectivity index (χ2v) is 8.26. The van der Waals surface area contributed by atoms with E-state index in [0.717, 1.165) is 13.0 Å². The molecule has 0 bridgehead atoms. The number of hydrogen-bond acceptors (Lipinski definition) is 7. The molecule has 4 rings (SSSR count). The van der Waals surface area contributed by atoms with Crippen LogP contribution >= 0.6 is 0 Å². The molecule has 9 heteroatoms. The molecule has 0 saturated carbocycles. The highest BCUT2D eigenvalue weighted by Crippen LogP contribution is 2.56. The molecule has 8 nitrogen and oxygen atoms in total. The lowest BCUT2D eigenvalue weighted by Crippen LogP contribution is -2.38. The number of aromatic hydroxyl groups is 1. The summed E-state index contributed by atoms with van der Waals surface area (Å²) in [5, 5.41) is 23.7. The van der Waals surface area contributed by atoms with Crippen molar-refractivity contribution in [3.05, 3.63) is 75.5 Å². The predicted molar refractivity (Wildman–Crippen MR) is 118 cm³/mol. The minimum Gasteiger partial charge on any atom is -0.507 e. The van der Waals surface area contributed by atoms with Gasteiger partial charge in [-0.1, -0.05) is 12.1 Å². The summed E-state index contributed by atoms with van der Waals surface area (Å²) < 4.78 is 25.0. The Hall–Kier alpha value is -4.14. The van der Waals surface area contributed by atoms with Crippen LogP contribution in [-0.2, 0) is 21.5 Å².